The van der Waals surface area contributed by atoms with E-state index in [9.17, 15) is 9.59 Å². The number of carbonyl (C=O) groups is 2. The Hall–Kier alpha value is -2.02. The number of thioether (sulfide) groups is 1. The maximum absolute atomic E-state index is 12.5. The predicted octanol–water partition coefficient (Wildman–Crippen LogP) is 4.89. The number of hydrogen-bond donors (Lipinski definition) is 1. The van der Waals surface area contributed by atoms with Gasteiger partial charge in [0.05, 0.1) is 15.7 Å². The standard InChI is InChI=1S/C19H17Cl2N3O2S/c1-11-6-3-4-8-13(11)22-16(25)10-15-18(26)24(2)19(27-15)23-14-9-5-7-12(20)17(14)21/h3-9,15H,10H2,1-2H3,(H,22,25)/t15-/m1/s1. The second-order valence-corrected chi connectivity index (χ2v) is 7.99. The molecule has 1 N–H and O–H groups in total. The number of hydrogen-bond acceptors (Lipinski definition) is 4. The smallest absolute Gasteiger partial charge is 0.242 e. The normalized spacial score (nSPS) is 18.2. The molecule has 0 unspecified atom stereocenters. The third kappa shape index (κ3) is 4.46. The molecule has 8 heteroatoms. The molecule has 0 saturated carbocycles. The molecule has 0 aromatic heterocycles. The Morgan fingerprint density at radius 1 is 1.22 bits per heavy atom. The van der Waals surface area contributed by atoms with Crippen molar-refractivity contribution in [3.05, 3.63) is 58.1 Å². The van der Waals surface area contributed by atoms with Crippen LogP contribution < -0.4 is 5.32 Å². The van der Waals surface area contributed by atoms with Gasteiger partial charge in [-0.1, -0.05) is 59.2 Å². The monoisotopic (exact) mass is 421 g/mol. The topological polar surface area (TPSA) is 61.8 Å². The molecular formula is C19H17Cl2N3O2S. The predicted molar refractivity (Wildman–Crippen MR) is 112 cm³/mol. The highest BCUT2D eigenvalue weighted by Gasteiger charge is 2.37. The summed E-state index contributed by atoms with van der Waals surface area (Å²) in [5.74, 6) is -0.387. The number of aliphatic imine (C=N–C) groups is 1. The third-order valence-corrected chi connectivity index (χ3v) is 6.12. The number of rotatable bonds is 4. The van der Waals surface area contributed by atoms with E-state index in [2.05, 4.69) is 10.3 Å². The highest BCUT2D eigenvalue weighted by Crippen LogP contribution is 2.35. The quantitative estimate of drug-likeness (QED) is 0.763. The van der Waals surface area contributed by atoms with Crippen LogP contribution in [-0.2, 0) is 9.59 Å². The van der Waals surface area contributed by atoms with Crippen molar-refractivity contribution in [3.8, 4) is 0 Å². The minimum atomic E-state index is -0.532. The Morgan fingerprint density at radius 2 is 1.96 bits per heavy atom. The molecule has 1 heterocycles. The Kier molecular flexibility index (Phi) is 6.09. The van der Waals surface area contributed by atoms with E-state index in [1.165, 1.54) is 16.7 Å². The lowest BCUT2D eigenvalue weighted by molar-refractivity contribution is -0.127. The fourth-order valence-corrected chi connectivity index (χ4v) is 4.05. The molecule has 27 heavy (non-hydrogen) atoms. The SMILES string of the molecule is Cc1ccccc1NC(=O)C[C@H]1SC(=Nc2cccc(Cl)c2Cl)N(C)C1=O. The molecule has 2 amide bonds. The van der Waals surface area contributed by atoms with Crippen molar-refractivity contribution in [2.75, 3.05) is 12.4 Å². The van der Waals surface area contributed by atoms with E-state index in [0.29, 0.717) is 20.9 Å². The number of carbonyl (C=O) groups excluding carboxylic acids is 2. The van der Waals surface area contributed by atoms with E-state index in [1.54, 1.807) is 25.2 Å². The van der Waals surface area contributed by atoms with Crippen molar-refractivity contribution in [1.29, 1.82) is 0 Å². The molecule has 2 aromatic rings. The molecule has 1 fully saturated rings. The van der Waals surface area contributed by atoms with Crippen molar-refractivity contribution in [1.82, 2.24) is 4.90 Å². The van der Waals surface area contributed by atoms with Gasteiger partial charge in [0, 0.05) is 19.2 Å². The Labute approximate surface area is 171 Å². The van der Waals surface area contributed by atoms with Crippen LogP contribution in [-0.4, -0.2) is 34.2 Å². The number of amidine groups is 1. The summed E-state index contributed by atoms with van der Waals surface area (Å²) in [6.45, 7) is 1.92. The average Bonchev–Trinajstić information content (AvgIpc) is 2.89. The van der Waals surface area contributed by atoms with Gasteiger partial charge >= 0.3 is 0 Å². The number of anilines is 1. The molecule has 0 radical (unpaired) electrons. The maximum atomic E-state index is 12.5. The third-order valence-electron chi connectivity index (χ3n) is 4.08. The van der Waals surface area contributed by atoms with Gasteiger partial charge in [-0.2, -0.15) is 0 Å². The lowest BCUT2D eigenvalue weighted by Gasteiger charge is -2.10. The number of nitrogens with one attached hydrogen (secondary N) is 1. The first-order chi connectivity index (χ1) is 12.9. The van der Waals surface area contributed by atoms with Crippen LogP contribution in [0.4, 0.5) is 11.4 Å². The Bertz CT molecular complexity index is 933. The van der Waals surface area contributed by atoms with Gasteiger partial charge in [0.25, 0.3) is 0 Å². The van der Waals surface area contributed by atoms with Gasteiger partial charge < -0.3 is 5.32 Å². The molecule has 0 bridgehead atoms. The van der Waals surface area contributed by atoms with Crippen LogP contribution in [0, 0.1) is 6.92 Å². The van der Waals surface area contributed by atoms with Crippen LogP contribution in [0.5, 0.6) is 0 Å². The number of amides is 2. The van der Waals surface area contributed by atoms with Crippen molar-refractivity contribution in [3.63, 3.8) is 0 Å². The molecule has 2 aromatic carbocycles. The minimum Gasteiger partial charge on any atom is -0.326 e. The largest absolute Gasteiger partial charge is 0.326 e. The molecule has 3 rings (SSSR count). The van der Waals surface area contributed by atoms with Crippen LogP contribution in [0.25, 0.3) is 0 Å². The lowest BCUT2D eigenvalue weighted by Crippen LogP contribution is -2.30. The molecule has 0 spiro atoms. The van der Waals surface area contributed by atoms with Gasteiger partial charge in [-0.15, -0.1) is 0 Å². The van der Waals surface area contributed by atoms with Gasteiger partial charge in [0.15, 0.2) is 5.17 Å². The molecule has 140 valence electrons. The van der Waals surface area contributed by atoms with E-state index < -0.39 is 5.25 Å². The van der Waals surface area contributed by atoms with Gasteiger partial charge in [0.2, 0.25) is 11.8 Å². The second kappa shape index (κ2) is 8.33. The average molecular weight is 422 g/mol. The van der Waals surface area contributed by atoms with Gasteiger partial charge in [-0.05, 0) is 30.7 Å². The summed E-state index contributed by atoms with van der Waals surface area (Å²) in [6.07, 6.45) is 0.0600. The van der Waals surface area contributed by atoms with Crippen LogP contribution in [0.3, 0.4) is 0 Å². The van der Waals surface area contributed by atoms with E-state index in [0.717, 1.165) is 11.3 Å². The first-order valence-electron chi connectivity index (χ1n) is 8.19. The summed E-state index contributed by atoms with van der Waals surface area (Å²) in [5, 5.41) is 3.53. The van der Waals surface area contributed by atoms with Crippen molar-refractivity contribution < 1.29 is 9.59 Å². The summed E-state index contributed by atoms with van der Waals surface area (Å²) in [7, 11) is 1.63. The van der Waals surface area contributed by atoms with Crippen molar-refractivity contribution in [2.45, 2.75) is 18.6 Å². The van der Waals surface area contributed by atoms with E-state index in [-0.39, 0.29) is 18.2 Å². The second-order valence-electron chi connectivity index (χ2n) is 6.04. The van der Waals surface area contributed by atoms with Gasteiger partial charge in [-0.3, -0.25) is 14.5 Å². The zero-order chi connectivity index (χ0) is 19.6. The molecule has 1 aliphatic rings. The number of halogens is 2. The Morgan fingerprint density at radius 3 is 2.70 bits per heavy atom. The first kappa shape index (κ1) is 19.7. The van der Waals surface area contributed by atoms with E-state index in [4.69, 9.17) is 23.2 Å². The minimum absolute atomic E-state index is 0.0600. The van der Waals surface area contributed by atoms with Crippen LogP contribution >= 0.6 is 35.0 Å². The fraction of sp³-hybridized carbons (Fsp3) is 0.211. The molecule has 5 nitrogen and oxygen atoms in total. The maximum Gasteiger partial charge on any atom is 0.242 e. The Balaban J connectivity index is 1.72. The summed E-state index contributed by atoms with van der Waals surface area (Å²) >= 11 is 13.4. The summed E-state index contributed by atoms with van der Waals surface area (Å²) in [4.78, 5) is 30.7. The highest BCUT2D eigenvalue weighted by molar-refractivity contribution is 8.15. The summed E-state index contributed by atoms with van der Waals surface area (Å²) in [5.41, 5.74) is 2.19. The molecule has 1 atom stereocenters. The molecule has 1 saturated heterocycles. The van der Waals surface area contributed by atoms with E-state index >= 15 is 0 Å². The van der Waals surface area contributed by atoms with E-state index in [1.807, 2.05) is 31.2 Å². The first-order valence-corrected chi connectivity index (χ1v) is 9.83. The molecule has 1 aliphatic heterocycles. The number of benzene rings is 2. The summed E-state index contributed by atoms with van der Waals surface area (Å²) in [6, 6.07) is 12.6. The van der Waals surface area contributed by atoms with Crippen LogP contribution in [0.15, 0.2) is 47.5 Å². The van der Waals surface area contributed by atoms with Crippen LogP contribution in [0.2, 0.25) is 10.0 Å². The van der Waals surface area contributed by atoms with Crippen molar-refractivity contribution in [2.24, 2.45) is 4.99 Å². The number of aryl methyl sites for hydroxylation is 1. The van der Waals surface area contributed by atoms with Crippen LogP contribution in [0.1, 0.15) is 12.0 Å². The molecular weight excluding hydrogens is 405 g/mol. The number of nitrogens with zero attached hydrogens (tertiary/aromatic N) is 2. The molecule has 0 aliphatic carbocycles. The zero-order valence-corrected chi connectivity index (χ0v) is 17.0. The number of para-hydroxylation sites is 1. The highest BCUT2D eigenvalue weighted by atomic mass is 35.5. The summed E-state index contributed by atoms with van der Waals surface area (Å²) < 4.78 is 0. The van der Waals surface area contributed by atoms with Gasteiger partial charge in [-0.25, -0.2) is 4.99 Å². The lowest BCUT2D eigenvalue weighted by atomic mass is 10.2. The fourth-order valence-electron chi connectivity index (χ4n) is 2.56. The van der Waals surface area contributed by atoms with Crippen molar-refractivity contribution >= 4 is 63.3 Å². The van der Waals surface area contributed by atoms with Gasteiger partial charge in [0.1, 0.15) is 5.25 Å². The zero-order valence-electron chi connectivity index (χ0n) is 14.7.